The molecule has 0 atom stereocenters. The zero-order valence-corrected chi connectivity index (χ0v) is 20.0. The van der Waals surface area contributed by atoms with Crippen LogP contribution in [0.3, 0.4) is 0 Å². The van der Waals surface area contributed by atoms with Crippen molar-refractivity contribution in [1.82, 2.24) is 14.9 Å². The number of carbonyl (C=O) groups is 2. The molecular weight excluding hydrogens is 426 g/mol. The molecule has 0 aromatic heterocycles. The summed E-state index contributed by atoms with van der Waals surface area (Å²) in [6.07, 6.45) is 9.04. The van der Waals surface area contributed by atoms with Gasteiger partial charge in [0.25, 0.3) is 0 Å². The summed E-state index contributed by atoms with van der Waals surface area (Å²) in [6, 6.07) is 6.87. The van der Waals surface area contributed by atoms with Gasteiger partial charge in [0.05, 0.1) is 4.90 Å². The molecule has 1 heterocycles. The highest BCUT2D eigenvalue weighted by molar-refractivity contribution is 7.89. The van der Waals surface area contributed by atoms with Crippen LogP contribution in [0.15, 0.2) is 29.2 Å². The Morgan fingerprint density at radius 3 is 2.12 bits per heavy atom. The largest absolute Gasteiger partial charge is 0.354 e. The first-order valence-corrected chi connectivity index (χ1v) is 13.5. The van der Waals surface area contributed by atoms with E-state index in [4.69, 9.17) is 0 Å². The second-order valence-electron chi connectivity index (χ2n) is 9.01. The van der Waals surface area contributed by atoms with Gasteiger partial charge in [-0.25, -0.2) is 8.42 Å². The topological polar surface area (TPSA) is 95.6 Å². The van der Waals surface area contributed by atoms with E-state index in [2.05, 4.69) is 10.6 Å². The Labute approximate surface area is 192 Å². The van der Waals surface area contributed by atoms with Crippen molar-refractivity contribution in [2.24, 2.45) is 0 Å². The highest BCUT2D eigenvalue weighted by Crippen LogP contribution is 2.29. The van der Waals surface area contributed by atoms with Gasteiger partial charge in [0.2, 0.25) is 21.8 Å². The Balaban J connectivity index is 1.58. The second kappa shape index (κ2) is 11.3. The molecule has 0 unspecified atom stereocenters. The van der Waals surface area contributed by atoms with Gasteiger partial charge in [-0.1, -0.05) is 44.2 Å². The number of benzene rings is 1. The minimum atomic E-state index is -3.47. The SMILES string of the molecule is CCNC(=O)C1(NC(=O)CCc2ccc(S(=O)(=O)N3CCCCCC3)cc2)CCCCC1. The van der Waals surface area contributed by atoms with Crippen LogP contribution in [0.4, 0.5) is 0 Å². The summed E-state index contributed by atoms with van der Waals surface area (Å²) in [6.45, 7) is 3.59. The lowest BCUT2D eigenvalue weighted by atomic mass is 9.80. The lowest BCUT2D eigenvalue weighted by Gasteiger charge is -2.36. The van der Waals surface area contributed by atoms with E-state index in [0.29, 0.717) is 43.8 Å². The summed E-state index contributed by atoms with van der Waals surface area (Å²) in [4.78, 5) is 25.6. The molecule has 1 aliphatic carbocycles. The molecule has 1 aromatic rings. The van der Waals surface area contributed by atoms with Gasteiger partial charge < -0.3 is 10.6 Å². The highest BCUT2D eigenvalue weighted by Gasteiger charge is 2.40. The first-order valence-electron chi connectivity index (χ1n) is 12.1. The van der Waals surface area contributed by atoms with Crippen molar-refractivity contribution < 1.29 is 18.0 Å². The standard InChI is InChI=1S/C24H37N3O4S/c1-2-25-23(29)24(16-6-5-7-17-24)26-22(28)15-12-20-10-13-21(14-11-20)32(30,31)27-18-8-3-4-9-19-27/h10-11,13-14H,2-9,12,15-19H2,1H3,(H,25,29)(H,26,28). The van der Waals surface area contributed by atoms with E-state index >= 15 is 0 Å². The molecule has 32 heavy (non-hydrogen) atoms. The molecule has 2 aliphatic rings. The molecule has 2 N–H and O–H groups in total. The maximum Gasteiger partial charge on any atom is 0.245 e. The molecule has 0 spiro atoms. The predicted molar refractivity (Wildman–Crippen MR) is 125 cm³/mol. The molecule has 8 heteroatoms. The molecular formula is C24H37N3O4S. The summed E-state index contributed by atoms with van der Waals surface area (Å²) in [7, 11) is -3.47. The second-order valence-corrected chi connectivity index (χ2v) is 11.0. The third-order valence-electron chi connectivity index (χ3n) is 6.62. The van der Waals surface area contributed by atoms with Crippen molar-refractivity contribution in [2.75, 3.05) is 19.6 Å². The number of likely N-dealkylation sites (N-methyl/N-ethyl adjacent to an activating group) is 1. The molecule has 1 saturated heterocycles. The smallest absolute Gasteiger partial charge is 0.245 e. The van der Waals surface area contributed by atoms with Gasteiger partial charge in [-0.3, -0.25) is 9.59 Å². The Hall–Kier alpha value is -1.93. The first-order chi connectivity index (χ1) is 15.4. The van der Waals surface area contributed by atoms with Crippen LogP contribution in [-0.4, -0.2) is 49.7 Å². The number of carbonyl (C=O) groups excluding carboxylic acids is 2. The third-order valence-corrected chi connectivity index (χ3v) is 8.54. The van der Waals surface area contributed by atoms with Crippen molar-refractivity contribution in [3.8, 4) is 0 Å². The monoisotopic (exact) mass is 463 g/mol. The van der Waals surface area contributed by atoms with Crippen LogP contribution in [0.2, 0.25) is 0 Å². The minimum Gasteiger partial charge on any atom is -0.354 e. The van der Waals surface area contributed by atoms with Gasteiger partial charge in [0, 0.05) is 26.1 Å². The number of sulfonamides is 1. The van der Waals surface area contributed by atoms with Crippen LogP contribution in [0.1, 0.15) is 76.7 Å². The summed E-state index contributed by atoms with van der Waals surface area (Å²) in [5.74, 6) is -0.226. The molecule has 1 aliphatic heterocycles. The molecule has 1 saturated carbocycles. The van der Waals surface area contributed by atoms with Crippen molar-refractivity contribution in [1.29, 1.82) is 0 Å². The lowest BCUT2D eigenvalue weighted by molar-refractivity contribution is -0.135. The van der Waals surface area contributed by atoms with Gasteiger partial charge >= 0.3 is 0 Å². The van der Waals surface area contributed by atoms with Gasteiger partial charge in [-0.15, -0.1) is 0 Å². The van der Waals surface area contributed by atoms with Crippen LogP contribution in [0.5, 0.6) is 0 Å². The number of nitrogens with zero attached hydrogens (tertiary/aromatic N) is 1. The van der Waals surface area contributed by atoms with Crippen LogP contribution >= 0.6 is 0 Å². The van der Waals surface area contributed by atoms with Gasteiger partial charge in [-0.05, 0) is 56.7 Å². The Morgan fingerprint density at radius 1 is 0.938 bits per heavy atom. The summed E-state index contributed by atoms with van der Waals surface area (Å²) in [5.41, 5.74) is 0.113. The summed E-state index contributed by atoms with van der Waals surface area (Å²) < 4.78 is 27.4. The predicted octanol–water partition coefficient (Wildman–Crippen LogP) is 3.14. The minimum absolute atomic E-state index is 0.0869. The molecule has 2 amide bonds. The van der Waals surface area contributed by atoms with E-state index in [9.17, 15) is 18.0 Å². The quantitative estimate of drug-likeness (QED) is 0.619. The zero-order chi connectivity index (χ0) is 23.0. The first kappa shape index (κ1) is 24.7. The maximum absolute atomic E-state index is 12.9. The van der Waals surface area contributed by atoms with Gasteiger partial charge in [0.1, 0.15) is 5.54 Å². The lowest BCUT2D eigenvalue weighted by Crippen LogP contribution is -2.59. The Morgan fingerprint density at radius 2 is 1.53 bits per heavy atom. The van der Waals surface area contributed by atoms with Gasteiger partial charge in [-0.2, -0.15) is 4.31 Å². The van der Waals surface area contributed by atoms with E-state index in [0.717, 1.165) is 50.5 Å². The van der Waals surface area contributed by atoms with Crippen LogP contribution in [-0.2, 0) is 26.0 Å². The summed E-state index contributed by atoms with van der Waals surface area (Å²) >= 11 is 0. The molecule has 2 fully saturated rings. The maximum atomic E-state index is 12.9. The van der Waals surface area contributed by atoms with E-state index in [1.807, 2.05) is 6.92 Å². The molecule has 3 rings (SSSR count). The van der Waals surface area contributed by atoms with E-state index in [1.165, 1.54) is 0 Å². The summed E-state index contributed by atoms with van der Waals surface area (Å²) in [5, 5.41) is 5.89. The van der Waals surface area contributed by atoms with Crippen LogP contribution in [0, 0.1) is 0 Å². The third kappa shape index (κ3) is 6.10. The van der Waals surface area contributed by atoms with Crippen molar-refractivity contribution >= 4 is 21.8 Å². The Kier molecular flexibility index (Phi) is 8.71. The normalized spacial score (nSPS) is 19.7. The number of amides is 2. The van der Waals surface area contributed by atoms with Gasteiger partial charge in [0.15, 0.2) is 0 Å². The number of nitrogens with one attached hydrogen (secondary N) is 2. The van der Waals surface area contributed by atoms with Crippen molar-refractivity contribution in [3.05, 3.63) is 29.8 Å². The molecule has 0 radical (unpaired) electrons. The fourth-order valence-electron chi connectivity index (χ4n) is 4.74. The van der Waals surface area contributed by atoms with Crippen LogP contribution < -0.4 is 10.6 Å². The van der Waals surface area contributed by atoms with E-state index in [1.54, 1.807) is 28.6 Å². The van der Waals surface area contributed by atoms with Crippen molar-refractivity contribution in [2.45, 2.75) is 88.0 Å². The van der Waals surface area contributed by atoms with E-state index in [-0.39, 0.29) is 18.2 Å². The molecule has 1 aromatic carbocycles. The molecule has 0 bridgehead atoms. The number of hydrogen-bond acceptors (Lipinski definition) is 4. The Bertz CT molecular complexity index is 869. The van der Waals surface area contributed by atoms with E-state index < -0.39 is 15.6 Å². The fraction of sp³-hybridized carbons (Fsp3) is 0.667. The number of hydrogen-bond donors (Lipinski definition) is 2. The molecule has 7 nitrogen and oxygen atoms in total. The number of rotatable bonds is 8. The molecule has 178 valence electrons. The highest BCUT2D eigenvalue weighted by atomic mass is 32.2. The number of aryl methyl sites for hydroxylation is 1. The average molecular weight is 464 g/mol. The van der Waals surface area contributed by atoms with Crippen molar-refractivity contribution in [3.63, 3.8) is 0 Å². The van der Waals surface area contributed by atoms with Crippen LogP contribution in [0.25, 0.3) is 0 Å². The zero-order valence-electron chi connectivity index (χ0n) is 19.2. The average Bonchev–Trinajstić information content (AvgIpc) is 3.09. The fourth-order valence-corrected chi connectivity index (χ4v) is 6.26.